The molecule has 2 N–H and O–H groups in total. The zero-order valence-corrected chi connectivity index (χ0v) is 11.4. The molecule has 0 aliphatic carbocycles. The first kappa shape index (κ1) is 12.3. The van der Waals surface area contributed by atoms with Crippen molar-refractivity contribution in [2.45, 2.75) is 32.5 Å². The lowest BCUT2D eigenvalue weighted by molar-refractivity contribution is -0.168. The number of hydroxylamine groups is 2. The van der Waals surface area contributed by atoms with Crippen LogP contribution >= 0.6 is 0 Å². The van der Waals surface area contributed by atoms with Crippen LogP contribution in [0.15, 0.2) is 41.0 Å². The molecule has 0 fully saturated rings. The number of hydrogen-bond acceptors (Lipinski definition) is 4. The van der Waals surface area contributed by atoms with Crippen molar-refractivity contribution in [1.82, 2.24) is 5.06 Å². The summed E-state index contributed by atoms with van der Waals surface area (Å²) in [6, 6.07) is 7.96. The van der Waals surface area contributed by atoms with Gasteiger partial charge in [0.25, 0.3) is 0 Å². The lowest BCUT2D eigenvalue weighted by Crippen LogP contribution is -2.39. The molecule has 0 amide bonds. The molecule has 0 radical (unpaired) electrons. The van der Waals surface area contributed by atoms with Crippen LogP contribution in [0.3, 0.4) is 0 Å². The zero-order chi connectivity index (χ0) is 13.6. The number of hydrogen-bond donors (Lipinski definition) is 1. The molecule has 1 aliphatic heterocycles. The highest BCUT2D eigenvalue weighted by Gasteiger charge is 2.33. The average molecular weight is 258 g/mol. The normalized spacial score (nSPS) is 20.1. The Morgan fingerprint density at radius 1 is 1.21 bits per heavy atom. The standard InChI is InChI=1S/C15H18N2O2/c1-15(2,3)17-12(8-14(16)19-17)11-9-18-13-7-5-4-6-10(11)13/h4-9,14H,16H2,1-3H3. The van der Waals surface area contributed by atoms with Crippen molar-refractivity contribution in [3.05, 3.63) is 42.2 Å². The third-order valence-corrected chi connectivity index (χ3v) is 3.13. The smallest absolute Gasteiger partial charge is 0.155 e. The molecule has 1 atom stereocenters. The van der Waals surface area contributed by atoms with E-state index in [4.69, 9.17) is 15.0 Å². The van der Waals surface area contributed by atoms with E-state index in [1.807, 2.05) is 35.4 Å². The fraction of sp³-hybridized carbons (Fsp3) is 0.333. The third kappa shape index (κ3) is 2.03. The molecule has 2 heterocycles. The Hall–Kier alpha value is -1.78. The number of furan rings is 1. The summed E-state index contributed by atoms with van der Waals surface area (Å²) in [5, 5.41) is 2.93. The lowest BCUT2D eigenvalue weighted by Gasteiger charge is -2.34. The second-order valence-electron chi connectivity index (χ2n) is 5.73. The van der Waals surface area contributed by atoms with E-state index < -0.39 is 6.23 Å². The van der Waals surface area contributed by atoms with Gasteiger partial charge in [-0.15, -0.1) is 0 Å². The van der Waals surface area contributed by atoms with Gasteiger partial charge in [0.15, 0.2) is 6.23 Å². The van der Waals surface area contributed by atoms with E-state index in [9.17, 15) is 0 Å². The lowest BCUT2D eigenvalue weighted by atomic mass is 10.0. The molecule has 2 aromatic rings. The van der Waals surface area contributed by atoms with Crippen LogP contribution in [0.25, 0.3) is 16.7 Å². The number of nitrogens with two attached hydrogens (primary N) is 1. The highest BCUT2D eigenvalue weighted by molar-refractivity contribution is 5.90. The maximum absolute atomic E-state index is 5.89. The van der Waals surface area contributed by atoms with E-state index in [-0.39, 0.29) is 5.54 Å². The van der Waals surface area contributed by atoms with Gasteiger partial charge in [0.05, 0.1) is 11.2 Å². The van der Waals surface area contributed by atoms with Crippen LogP contribution in [-0.2, 0) is 4.84 Å². The largest absolute Gasteiger partial charge is 0.464 e. The molecule has 0 saturated carbocycles. The Kier molecular flexibility index (Phi) is 2.66. The molecule has 0 spiro atoms. The minimum atomic E-state index is -0.414. The van der Waals surface area contributed by atoms with E-state index in [1.54, 1.807) is 6.26 Å². The zero-order valence-electron chi connectivity index (χ0n) is 11.4. The maximum atomic E-state index is 5.89. The van der Waals surface area contributed by atoms with Gasteiger partial charge in [0, 0.05) is 10.9 Å². The van der Waals surface area contributed by atoms with Crippen molar-refractivity contribution in [3.8, 4) is 0 Å². The van der Waals surface area contributed by atoms with Crippen molar-refractivity contribution in [2.75, 3.05) is 0 Å². The van der Waals surface area contributed by atoms with Crippen LogP contribution < -0.4 is 5.73 Å². The summed E-state index contributed by atoms with van der Waals surface area (Å²) in [4.78, 5) is 5.69. The molecular weight excluding hydrogens is 240 g/mol. The molecule has 100 valence electrons. The topological polar surface area (TPSA) is 51.6 Å². The van der Waals surface area contributed by atoms with Crippen molar-refractivity contribution in [1.29, 1.82) is 0 Å². The number of para-hydroxylation sites is 1. The average Bonchev–Trinajstić information content (AvgIpc) is 2.91. The fourth-order valence-corrected chi connectivity index (χ4v) is 2.33. The van der Waals surface area contributed by atoms with E-state index in [0.29, 0.717) is 0 Å². The van der Waals surface area contributed by atoms with E-state index >= 15 is 0 Å². The van der Waals surface area contributed by atoms with Gasteiger partial charge in [-0.2, -0.15) is 0 Å². The van der Waals surface area contributed by atoms with Crippen LogP contribution in [0.1, 0.15) is 26.3 Å². The quantitative estimate of drug-likeness (QED) is 0.854. The Bertz CT molecular complexity index is 637. The van der Waals surface area contributed by atoms with Gasteiger partial charge in [0.1, 0.15) is 11.8 Å². The Morgan fingerprint density at radius 2 is 1.95 bits per heavy atom. The molecule has 19 heavy (non-hydrogen) atoms. The SMILES string of the molecule is CC(C)(C)N1OC(N)C=C1c1coc2ccccc12. The molecule has 3 rings (SSSR count). The van der Waals surface area contributed by atoms with E-state index in [2.05, 4.69) is 20.8 Å². The molecule has 4 nitrogen and oxygen atoms in total. The van der Waals surface area contributed by atoms with Crippen LogP contribution in [0.2, 0.25) is 0 Å². The van der Waals surface area contributed by atoms with Crippen molar-refractivity contribution in [2.24, 2.45) is 5.73 Å². The number of fused-ring (bicyclic) bond motifs is 1. The number of rotatable bonds is 1. The summed E-state index contributed by atoms with van der Waals surface area (Å²) in [5.41, 5.74) is 8.57. The van der Waals surface area contributed by atoms with Crippen LogP contribution in [0.4, 0.5) is 0 Å². The molecule has 1 aliphatic rings. The number of benzene rings is 1. The first-order valence-electron chi connectivity index (χ1n) is 6.38. The Labute approximate surface area is 112 Å². The molecular formula is C15H18N2O2. The second-order valence-corrected chi connectivity index (χ2v) is 5.73. The highest BCUT2D eigenvalue weighted by Crippen LogP contribution is 2.36. The first-order chi connectivity index (χ1) is 8.97. The van der Waals surface area contributed by atoms with Crippen molar-refractivity contribution >= 4 is 16.7 Å². The van der Waals surface area contributed by atoms with Gasteiger partial charge in [-0.25, -0.2) is 9.90 Å². The van der Waals surface area contributed by atoms with Crippen LogP contribution in [-0.4, -0.2) is 16.8 Å². The third-order valence-electron chi connectivity index (χ3n) is 3.13. The fourth-order valence-electron chi connectivity index (χ4n) is 2.33. The Morgan fingerprint density at radius 3 is 2.68 bits per heavy atom. The first-order valence-corrected chi connectivity index (χ1v) is 6.38. The minimum absolute atomic E-state index is 0.168. The van der Waals surface area contributed by atoms with Gasteiger partial charge in [-0.3, -0.25) is 0 Å². The van der Waals surface area contributed by atoms with E-state index in [1.165, 1.54) is 0 Å². The summed E-state index contributed by atoms with van der Waals surface area (Å²) in [5.74, 6) is 0. The minimum Gasteiger partial charge on any atom is -0.464 e. The molecule has 1 aromatic carbocycles. The Balaban J connectivity index is 2.12. The summed E-state index contributed by atoms with van der Waals surface area (Å²) in [6.07, 6.45) is 3.27. The second kappa shape index (κ2) is 4.11. The summed E-state index contributed by atoms with van der Waals surface area (Å²) < 4.78 is 5.59. The van der Waals surface area contributed by atoms with Crippen LogP contribution in [0, 0.1) is 0 Å². The molecule has 1 unspecified atom stereocenters. The van der Waals surface area contributed by atoms with Crippen LogP contribution in [0.5, 0.6) is 0 Å². The molecule has 0 saturated heterocycles. The van der Waals surface area contributed by atoms with Gasteiger partial charge in [-0.1, -0.05) is 18.2 Å². The van der Waals surface area contributed by atoms with E-state index in [0.717, 1.165) is 22.2 Å². The van der Waals surface area contributed by atoms with Gasteiger partial charge >= 0.3 is 0 Å². The highest BCUT2D eigenvalue weighted by atomic mass is 16.7. The molecule has 4 heteroatoms. The predicted molar refractivity (Wildman–Crippen MR) is 74.8 cm³/mol. The molecule has 1 aromatic heterocycles. The summed E-state index contributed by atoms with van der Waals surface area (Å²) in [7, 11) is 0. The maximum Gasteiger partial charge on any atom is 0.155 e. The van der Waals surface area contributed by atoms with Crippen molar-refractivity contribution < 1.29 is 9.25 Å². The van der Waals surface area contributed by atoms with Crippen molar-refractivity contribution in [3.63, 3.8) is 0 Å². The summed E-state index contributed by atoms with van der Waals surface area (Å²) >= 11 is 0. The monoisotopic (exact) mass is 258 g/mol. The predicted octanol–water partition coefficient (Wildman–Crippen LogP) is 3.10. The molecule has 0 bridgehead atoms. The number of nitrogens with zero attached hydrogens (tertiary/aromatic N) is 1. The van der Waals surface area contributed by atoms with Gasteiger partial charge in [-0.05, 0) is 32.9 Å². The van der Waals surface area contributed by atoms with Gasteiger partial charge < -0.3 is 10.2 Å². The van der Waals surface area contributed by atoms with Gasteiger partial charge in [0.2, 0.25) is 0 Å². The summed E-state index contributed by atoms with van der Waals surface area (Å²) in [6.45, 7) is 6.25.